The molecule has 0 spiro atoms. The molecule has 14 heavy (non-hydrogen) atoms. The van der Waals surface area contributed by atoms with Gasteiger partial charge in [0.2, 0.25) is 5.95 Å². The Hall–Kier alpha value is -1.10. The Labute approximate surface area is 88.5 Å². The van der Waals surface area contributed by atoms with Crippen LogP contribution in [0.3, 0.4) is 0 Å². The van der Waals surface area contributed by atoms with Crippen LogP contribution in [0.5, 0.6) is 0 Å². The first kappa shape index (κ1) is 11.0. The van der Waals surface area contributed by atoms with Crippen molar-refractivity contribution in [2.24, 2.45) is 4.99 Å². The molecule has 1 aromatic rings. The van der Waals surface area contributed by atoms with Crippen molar-refractivity contribution in [1.82, 2.24) is 4.98 Å². The molecule has 0 radical (unpaired) electrons. The van der Waals surface area contributed by atoms with E-state index in [-0.39, 0.29) is 4.61 Å². The third-order valence-corrected chi connectivity index (χ3v) is 1.80. The van der Waals surface area contributed by atoms with Gasteiger partial charge in [-0.25, -0.2) is 14.4 Å². The molecule has 1 heterocycles. The van der Waals surface area contributed by atoms with Crippen LogP contribution in [0, 0.1) is 5.95 Å². The van der Waals surface area contributed by atoms with E-state index in [0.717, 1.165) is 0 Å². The van der Waals surface area contributed by atoms with E-state index in [1.165, 1.54) is 12.1 Å². The van der Waals surface area contributed by atoms with Crippen molar-refractivity contribution in [3.63, 3.8) is 0 Å². The lowest BCUT2D eigenvalue weighted by atomic mass is 10.2. The minimum atomic E-state index is -0.586. The van der Waals surface area contributed by atoms with Gasteiger partial charge in [-0.3, -0.25) is 0 Å². The Morgan fingerprint density at radius 1 is 1.57 bits per heavy atom. The normalized spacial score (nSPS) is 13.1. The molecule has 5 heteroatoms. The van der Waals surface area contributed by atoms with Gasteiger partial charge in [-0.2, -0.15) is 4.39 Å². The van der Waals surface area contributed by atoms with E-state index < -0.39 is 5.95 Å². The van der Waals surface area contributed by atoms with Crippen LogP contribution in [0.15, 0.2) is 34.1 Å². The molecule has 0 bridgehead atoms. The zero-order valence-electron chi connectivity index (χ0n) is 7.34. The smallest absolute Gasteiger partial charge is 0.213 e. The van der Waals surface area contributed by atoms with E-state index in [4.69, 9.17) is 0 Å². The quantitative estimate of drug-likeness (QED) is 0.456. The highest BCUT2D eigenvalue weighted by Gasteiger charge is 2.00. The highest BCUT2D eigenvalue weighted by atomic mass is 79.9. The van der Waals surface area contributed by atoms with Crippen LogP contribution in [0.2, 0.25) is 0 Å². The molecule has 2 nitrogen and oxygen atoms in total. The fourth-order valence-corrected chi connectivity index (χ4v) is 1.12. The third kappa shape index (κ3) is 2.99. The van der Waals surface area contributed by atoms with Crippen molar-refractivity contribution in [1.29, 1.82) is 0 Å². The second kappa shape index (κ2) is 4.95. The third-order valence-electron chi connectivity index (χ3n) is 1.45. The molecule has 0 fully saturated rings. The van der Waals surface area contributed by atoms with Crippen molar-refractivity contribution in [3.05, 3.63) is 40.8 Å². The van der Waals surface area contributed by atoms with Gasteiger partial charge >= 0.3 is 0 Å². The van der Waals surface area contributed by atoms with Crippen LogP contribution >= 0.6 is 15.9 Å². The lowest BCUT2D eigenvalue weighted by Crippen LogP contribution is -1.99. The van der Waals surface area contributed by atoms with Crippen molar-refractivity contribution >= 4 is 21.6 Å². The SMILES string of the molecule is C/C(=N\C(Br)=C/F)c1cccc(F)n1. The monoisotopic (exact) mass is 260 g/mol. The van der Waals surface area contributed by atoms with Gasteiger partial charge in [0.1, 0.15) is 10.9 Å². The highest BCUT2D eigenvalue weighted by molar-refractivity contribution is 9.11. The van der Waals surface area contributed by atoms with Gasteiger partial charge < -0.3 is 0 Å². The van der Waals surface area contributed by atoms with Gasteiger partial charge in [0.15, 0.2) is 0 Å². The number of rotatable bonds is 2. The first-order valence-electron chi connectivity index (χ1n) is 3.77. The molecular weight excluding hydrogens is 254 g/mol. The van der Waals surface area contributed by atoms with Gasteiger partial charge in [0.05, 0.1) is 11.4 Å². The minimum Gasteiger partial charge on any atom is -0.242 e. The fraction of sp³-hybridized carbons (Fsp3) is 0.111. The van der Waals surface area contributed by atoms with Crippen molar-refractivity contribution < 1.29 is 8.78 Å². The van der Waals surface area contributed by atoms with Crippen molar-refractivity contribution in [2.45, 2.75) is 6.92 Å². The van der Waals surface area contributed by atoms with E-state index in [0.29, 0.717) is 17.7 Å². The molecule has 0 aliphatic heterocycles. The fourth-order valence-electron chi connectivity index (χ4n) is 0.852. The number of aliphatic imine (C=N–C) groups is 1. The highest BCUT2D eigenvalue weighted by Crippen LogP contribution is 2.09. The molecule has 0 aromatic carbocycles. The standard InChI is InChI=1S/C9H7BrF2N2/c1-6(13-8(10)5-11)7-3-2-4-9(12)14-7/h2-5H,1H3/b8-5-,13-6+. The minimum absolute atomic E-state index is 0.0426. The Morgan fingerprint density at radius 2 is 2.29 bits per heavy atom. The number of pyridine rings is 1. The summed E-state index contributed by atoms with van der Waals surface area (Å²) in [7, 11) is 0. The molecule has 0 unspecified atom stereocenters. The van der Waals surface area contributed by atoms with Crippen LogP contribution in [-0.4, -0.2) is 10.7 Å². The summed E-state index contributed by atoms with van der Waals surface area (Å²) in [5.74, 6) is -0.586. The number of nitrogens with zero attached hydrogens (tertiary/aromatic N) is 2. The topological polar surface area (TPSA) is 25.2 Å². The van der Waals surface area contributed by atoms with Gasteiger partial charge in [-0.1, -0.05) is 6.07 Å². The Balaban J connectivity index is 3.00. The molecule has 1 aromatic heterocycles. The average Bonchev–Trinajstić information content (AvgIpc) is 2.17. The van der Waals surface area contributed by atoms with Crippen LogP contribution in [0.25, 0.3) is 0 Å². The van der Waals surface area contributed by atoms with Gasteiger partial charge in [-0.05, 0) is 35.0 Å². The number of aromatic nitrogens is 1. The lowest BCUT2D eigenvalue weighted by molar-refractivity contribution is 0.583. The largest absolute Gasteiger partial charge is 0.242 e. The van der Waals surface area contributed by atoms with Crippen molar-refractivity contribution in [2.75, 3.05) is 0 Å². The maximum Gasteiger partial charge on any atom is 0.213 e. The summed E-state index contributed by atoms with van der Waals surface area (Å²) >= 11 is 2.87. The lowest BCUT2D eigenvalue weighted by Gasteiger charge is -1.98. The molecule has 0 atom stereocenters. The Kier molecular flexibility index (Phi) is 3.88. The van der Waals surface area contributed by atoms with Gasteiger partial charge in [-0.15, -0.1) is 0 Å². The summed E-state index contributed by atoms with van der Waals surface area (Å²) in [4.78, 5) is 7.39. The van der Waals surface area contributed by atoms with Crippen molar-refractivity contribution in [3.8, 4) is 0 Å². The second-order valence-electron chi connectivity index (χ2n) is 2.47. The number of hydrogen-bond donors (Lipinski definition) is 0. The molecule has 74 valence electrons. The van der Waals surface area contributed by atoms with Crippen LogP contribution in [0.1, 0.15) is 12.6 Å². The molecule has 0 aliphatic carbocycles. The molecule has 0 saturated heterocycles. The summed E-state index contributed by atoms with van der Waals surface area (Å²) in [5, 5.41) is 0. The zero-order chi connectivity index (χ0) is 10.6. The van der Waals surface area contributed by atoms with Crippen LogP contribution in [-0.2, 0) is 0 Å². The van der Waals surface area contributed by atoms with Crippen LogP contribution < -0.4 is 0 Å². The number of hydrogen-bond acceptors (Lipinski definition) is 2. The Morgan fingerprint density at radius 3 is 2.86 bits per heavy atom. The molecule has 0 N–H and O–H groups in total. The summed E-state index contributed by atoms with van der Waals surface area (Å²) in [6.45, 7) is 1.62. The zero-order valence-corrected chi connectivity index (χ0v) is 8.92. The summed E-state index contributed by atoms with van der Waals surface area (Å²) < 4.78 is 24.7. The molecule has 0 aliphatic rings. The molecule has 1 rings (SSSR count). The molecular formula is C9H7BrF2N2. The summed E-state index contributed by atoms with van der Waals surface area (Å²) in [6.07, 6.45) is 0.308. The van der Waals surface area contributed by atoms with E-state index in [2.05, 4.69) is 25.9 Å². The number of halogens is 3. The van der Waals surface area contributed by atoms with Gasteiger partial charge in [0.25, 0.3) is 0 Å². The predicted molar refractivity (Wildman–Crippen MR) is 54.5 cm³/mol. The van der Waals surface area contributed by atoms with Crippen LogP contribution in [0.4, 0.5) is 8.78 Å². The summed E-state index contributed by atoms with van der Waals surface area (Å²) in [6, 6.07) is 4.35. The van der Waals surface area contributed by atoms with E-state index in [1.807, 2.05) is 0 Å². The second-order valence-corrected chi connectivity index (χ2v) is 3.29. The van der Waals surface area contributed by atoms with E-state index >= 15 is 0 Å². The summed E-state index contributed by atoms with van der Waals surface area (Å²) in [5.41, 5.74) is 0.814. The van der Waals surface area contributed by atoms with Gasteiger partial charge in [0, 0.05) is 0 Å². The first-order chi connectivity index (χ1) is 6.63. The predicted octanol–water partition coefficient (Wildman–Crippen LogP) is 3.19. The van der Waals surface area contributed by atoms with E-state index in [9.17, 15) is 8.78 Å². The molecule has 0 saturated carbocycles. The average molecular weight is 261 g/mol. The first-order valence-corrected chi connectivity index (χ1v) is 4.57. The molecule has 0 amide bonds. The Bertz CT molecular complexity index is 388. The maximum atomic E-state index is 12.7. The van der Waals surface area contributed by atoms with E-state index in [1.54, 1.807) is 13.0 Å². The maximum absolute atomic E-state index is 12.7.